The normalized spacial score (nSPS) is 30.3. The number of halogens is 4. The summed E-state index contributed by atoms with van der Waals surface area (Å²) in [5, 5.41) is -1.04. The molecule has 0 amide bonds. The van der Waals surface area contributed by atoms with Crippen LogP contribution in [0.1, 0.15) is 25.7 Å². The number of hydrogen-bond acceptors (Lipinski definition) is 2. The van der Waals surface area contributed by atoms with E-state index in [-0.39, 0.29) is 19.3 Å². The molecule has 2 unspecified atom stereocenters. The van der Waals surface area contributed by atoms with Crippen molar-refractivity contribution in [2.24, 2.45) is 5.92 Å². The topological polar surface area (TPSA) is 34.1 Å². The lowest BCUT2D eigenvalue weighted by Gasteiger charge is -2.28. The van der Waals surface area contributed by atoms with Crippen molar-refractivity contribution in [1.82, 2.24) is 0 Å². The molecule has 0 aromatic heterocycles. The zero-order valence-electron chi connectivity index (χ0n) is 7.22. The second-order valence-corrected chi connectivity index (χ2v) is 6.41. The van der Waals surface area contributed by atoms with Gasteiger partial charge >= 0.3 is 6.18 Å². The molecular formula is C7H10ClF3O2S. The summed E-state index contributed by atoms with van der Waals surface area (Å²) >= 11 is 0. The standard InChI is InChI=1S/C7H10ClF3O2S/c8-14(12,13)6-3-1-2-5(4-6)7(9,10)11/h5-6H,1-4H2. The maximum Gasteiger partial charge on any atom is 0.391 e. The second-order valence-electron chi connectivity index (χ2n) is 3.50. The molecule has 0 spiro atoms. The highest BCUT2D eigenvalue weighted by molar-refractivity contribution is 8.14. The van der Waals surface area contributed by atoms with Gasteiger partial charge in [-0.3, -0.25) is 0 Å². The van der Waals surface area contributed by atoms with Gasteiger partial charge in [-0.25, -0.2) is 8.42 Å². The average molecular weight is 251 g/mol. The number of hydrogen-bond donors (Lipinski definition) is 0. The summed E-state index contributed by atoms with van der Waals surface area (Å²) in [6.45, 7) is 0. The van der Waals surface area contributed by atoms with E-state index in [1.54, 1.807) is 0 Å². The van der Waals surface area contributed by atoms with E-state index in [1.807, 2.05) is 0 Å². The number of rotatable bonds is 1. The lowest BCUT2D eigenvalue weighted by Crippen LogP contribution is -2.33. The summed E-state index contributed by atoms with van der Waals surface area (Å²) in [6, 6.07) is 0. The first kappa shape index (κ1) is 12.1. The van der Waals surface area contributed by atoms with Gasteiger partial charge in [-0.2, -0.15) is 13.2 Å². The minimum absolute atomic E-state index is 0.00636. The highest BCUT2D eigenvalue weighted by atomic mass is 35.7. The molecule has 0 saturated heterocycles. The van der Waals surface area contributed by atoms with Crippen molar-refractivity contribution in [3.05, 3.63) is 0 Å². The first-order chi connectivity index (χ1) is 6.21. The summed E-state index contributed by atoms with van der Waals surface area (Å²) in [5.74, 6) is -1.52. The smallest absolute Gasteiger partial charge is 0.212 e. The molecule has 14 heavy (non-hydrogen) atoms. The van der Waals surface area contributed by atoms with Gasteiger partial charge in [-0.05, 0) is 19.3 Å². The maximum atomic E-state index is 12.3. The quantitative estimate of drug-likeness (QED) is 0.671. The third kappa shape index (κ3) is 3.02. The minimum atomic E-state index is -4.31. The predicted molar refractivity (Wildman–Crippen MR) is 46.6 cm³/mol. The third-order valence-electron chi connectivity index (χ3n) is 2.49. The van der Waals surface area contributed by atoms with Gasteiger partial charge in [0.15, 0.2) is 0 Å². The van der Waals surface area contributed by atoms with Crippen LogP contribution in [-0.4, -0.2) is 19.8 Å². The molecular weight excluding hydrogens is 241 g/mol. The maximum absolute atomic E-state index is 12.3. The van der Waals surface area contributed by atoms with Crippen molar-refractivity contribution < 1.29 is 21.6 Å². The Kier molecular flexibility index (Phi) is 3.36. The van der Waals surface area contributed by atoms with Crippen LogP contribution in [0.25, 0.3) is 0 Å². The van der Waals surface area contributed by atoms with Gasteiger partial charge in [0.1, 0.15) is 0 Å². The molecule has 0 radical (unpaired) electrons. The van der Waals surface area contributed by atoms with Crippen molar-refractivity contribution >= 4 is 19.7 Å². The van der Waals surface area contributed by atoms with Crippen LogP contribution in [0.3, 0.4) is 0 Å². The molecule has 84 valence electrons. The van der Waals surface area contributed by atoms with Gasteiger partial charge in [0, 0.05) is 10.7 Å². The van der Waals surface area contributed by atoms with Crippen LogP contribution in [0.15, 0.2) is 0 Å². The van der Waals surface area contributed by atoms with Crippen molar-refractivity contribution in [3.8, 4) is 0 Å². The fraction of sp³-hybridized carbons (Fsp3) is 1.00. The Morgan fingerprint density at radius 3 is 2.21 bits per heavy atom. The Labute approximate surface area is 84.9 Å². The van der Waals surface area contributed by atoms with Crippen molar-refractivity contribution in [2.75, 3.05) is 0 Å². The molecule has 0 aliphatic heterocycles. The van der Waals surface area contributed by atoms with Crippen molar-refractivity contribution in [2.45, 2.75) is 37.1 Å². The van der Waals surface area contributed by atoms with E-state index < -0.39 is 32.8 Å². The Bertz CT molecular complexity index is 299. The van der Waals surface area contributed by atoms with Crippen LogP contribution in [0.5, 0.6) is 0 Å². The van der Waals surface area contributed by atoms with Crippen molar-refractivity contribution in [3.63, 3.8) is 0 Å². The van der Waals surface area contributed by atoms with E-state index in [1.165, 1.54) is 0 Å². The van der Waals surface area contributed by atoms with E-state index in [4.69, 9.17) is 10.7 Å². The molecule has 0 aromatic carbocycles. The van der Waals surface area contributed by atoms with E-state index in [2.05, 4.69) is 0 Å². The Morgan fingerprint density at radius 2 is 1.79 bits per heavy atom. The summed E-state index contributed by atoms with van der Waals surface area (Å²) in [7, 11) is 1.19. The zero-order valence-corrected chi connectivity index (χ0v) is 8.79. The van der Waals surface area contributed by atoms with Gasteiger partial charge in [0.25, 0.3) is 0 Å². The molecule has 0 heterocycles. The van der Waals surface area contributed by atoms with Gasteiger partial charge in [0.2, 0.25) is 9.05 Å². The van der Waals surface area contributed by atoms with Crippen LogP contribution in [0.4, 0.5) is 13.2 Å². The van der Waals surface area contributed by atoms with Crippen LogP contribution in [0, 0.1) is 5.92 Å². The summed E-state index contributed by atoms with van der Waals surface area (Å²) in [4.78, 5) is 0. The van der Waals surface area contributed by atoms with Gasteiger partial charge in [0.05, 0.1) is 11.2 Å². The van der Waals surface area contributed by atoms with Crippen LogP contribution < -0.4 is 0 Å². The highest BCUT2D eigenvalue weighted by Gasteiger charge is 2.44. The molecule has 1 aliphatic carbocycles. The fourth-order valence-corrected chi connectivity index (χ4v) is 3.09. The molecule has 0 aromatic rings. The monoisotopic (exact) mass is 250 g/mol. The molecule has 2 nitrogen and oxygen atoms in total. The van der Waals surface area contributed by atoms with Crippen LogP contribution in [-0.2, 0) is 9.05 Å². The molecule has 1 rings (SSSR count). The highest BCUT2D eigenvalue weighted by Crippen LogP contribution is 2.40. The first-order valence-corrected chi connectivity index (χ1v) is 6.58. The Hall–Kier alpha value is 0.0300. The van der Waals surface area contributed by atoms with Gasteiger partial charge in [-0.15, -0.1) is 0 Å². The van der Waals surface area contributed by atoms with Crippen LogP contribution >= 0.6 is 10.7 Å². The van der Waals surface area contributed by atoms with E-state index in [0.717, 1.165) is 0 Å². The predicted octanol–water partition coefficient (Wildman–Crippen LogP) is 2.68. The molecule has 2 atom stereocenters. The summed E-state index contributed by atoms with van der Waals surface area (Å²) < 4.78 is 58.5. The SMILES string of the molecule is O=S(=O)(Cl)C1CCCC(C(F)(F)F)C1. The Morgan fingerprint density at radius 1 is 1.21 bits per heavy atom. The zero-order chi connectivity index (χ0) is 11.0. The van der Waals surface area contributed by atoms with Crippen LogP contribution in [0.2, 0.25) is 0 Å². The van der Waals surface area contributed by atoms with Gasteiger partial charge < -0.3 is 0 Å². The first-order valence-electron chi connectivity index (χ1n) is 4.21. The lowest BCUT2D eigenvalue weighted by atomic mass is 9.88. The second kappa shape index (κ2) is 3.89. The average Bonchev–Trinajstić information content (AvgIpc) is 2.01. The summed E-state index contributed by atoms with van der Waals surface area (Å²) in [6.07, 6.45) is -4.19. The van der Waals surface area contributed by atoms with E-state index in [0.29, 0.717) is 0 Å². The Balaban J connectivity index is 2.71. The van der Waals surface area contributed by atoms with E-state index in [9.17, 15) is 21.6 Å². The molecule has 1 aliphatic rings. The lowest BCUT2D eigenvalue weighted by molar-refractivity contribution is -0.181. The van der Waals surface area contributed by atoms with E-state index >= 15 is 0 Å². The summed E-state index contributed by atoms with van der Waals surface area (Å²) in [5.41, 5.74) is 0. The minimum Gasteiger partial charge on any atom is -0.212 e. The molecule has 0 N–H and O–H groups in total. The third-order valence-corrected chi connectivity index (χ3v) is 4.47. The molecule has 1 fully saturated rings. The largest absolute Gasteiger partial charge is 0.391 e. The number of alkyl halides is 3. The molecule has 7 heteroatoms. The fourth-order valence-electron chi connectivity index (χ4n) is 1.70. The molecule has 0 bridgehead atoms. The molecule has 1 saturated carbocycles. The van der Waals surface area contributed by atoms with Crippen molar-refractivity contribution in [1.29, 1.82) is 0 Å². The van der Waals surface area contributed by atoms with Gasteiger partial charge in [-0.1, -0.05) is 6.42 Å².